The normalized spacial score (nSPS) is 14.3. The van der Waals surface area contributed by atoms with E-state index in [1.54, 1.807) is 0 Å². The maximum Gasteiger partial charge on any atom is 0.102 e. The van der Waals surface area contributed by atoms with Gasteiger partial charge in [0.2, 0.25) is 0 Å². The summed E-state index contributed by atoms with van der Waals surface area (Å²) >= 11 is 0. The van der Waals surface area contributed by atoms with Crippen LogP contribution in [0.4, 0.5) is 0 Å². The van der Waals surface area contributed by atoms with E-state index in [2.05, 4.69) is 86.1 Å². The molecule has 0 spiro atoms. The van der Waals surface area contributed by atoms with Crippen molar-refractivity contribution in [1.82, 2.24) is 0 Å². The number of likely N-dealkylation sites (N-methyl/N-ethyl adjacent to an activating group) is 1. The molecule has 0 rings (SSSR count). The summed E-state index contributed by atoms with van der Waals surface area (Å²) in [6.07, 6.45) is 31.6. The maximum absolute atomic E-state index is 5.41. The zero-order chi connectivity index (χ0) is 20.9. The molecular formula is C25H46NOP. The number of nitrogens with zero attached hydrogens (tertiary/aromatic N) is 1. The van der Waals surface area contributed by atoms with E-state index in [9.17, 15) is 0 Å². The Bertz CT molecular complexity index is 446. The molecule has 0 aliphatic rings. The summed E-state index contributed by atoms with van der Waals surface area (Å²) in [5.74, 6) is 0. The summed E-state index contributed by atoms with van der Waals surface area (Å²) in [5.41, 5.74) is 0. The van der Waals surface area contributed by atoms with Gasteiger partial charge in [0.25, 0.3) is 0 Å². The third-order valence-corrected chi connectivity index (χ3v) is 4.86. The molecule has 0 bridgehead atoms. The van der Waals surface area contributed by atoms with Crippen molar-refractivity contribution >= 4 is 9.47 Å². The lowest BCUT2D eigenvalue weighted by Crippen LogP contribution is -2.41. The first-order chi connectivity index (χ1) is 13.5. The van der Waals surface area contributed by atoms with Gasteiger partial charge in [0.05, 0.1) is 27.2 Å². The van der Waals surface area contributed by atoms with Crippen molar-refractivity contribution in [2.24, 2.45) is 0 Å². The molecule has 0 aromatic rings. The van der Waals surface area contributed by atoms with E-state index in [4.69, 9.17) is 4.52 Å². The molecule has 1 atom stereocenters. The van der Waals surface area contributed by atoms with Crippen LogP contribution in [0.2, 0.25) is 0 Å². The Morgan fingerprint density at radius 2 is 1.18 bits per heavy atom. The number of rotatable bonds is 18. The molecule has 1 unspecified atom stereocenters. The van der Waals surface area contributed by atoms with Crippen molar-refractivity contribution in [1.29, 1.82) is 0 Å². The molecule has 0 amide bonds. The molecule has 0 aliphatic carbocycles. The zero-order valence-corrected chi connectivity index (χ0v) is 20.0. The summed E-state index contributed by atoms with van der Waals surface area (Å²) < 4.78 is 6.35. The van der Waals surface area contributed by atoms with Gasteiger partial charge in [-0.3, -0.25) is 0 Å². The van der Waals surface area contributed by atoms with Crippen molar-refractivity contribution < 1.29 is 9.01 Å². The number of hydrogen-bond acceptors (Lipinski definition) is 1. The fourth-order valence-corrected chi connectivity index (χ4v) is 3.19. The average molecular weight is 408 g/mol. The van der Waals surface area contributed by atoms with E-state index in [0.717, 1.165) is 43.1 Å². The first-order valence-corrected chi connectivity index (χ1v) is 11.6. The Balaban J connectivity index is 3.57. The molecule has 3 heteroatoms. The first-order valence-electron chi connectivity index (χ1n) is 11.2. The largest absolute Gasteiger partial charge is 0.554 e. The monoisotopic (exact) mass is 407 g/mol. The van der Waals surface area contributed by atoms with E-state index >= 15 is 0 Å². The Labute approximate surface area is 178 Å². The fraction of sp³-hybridized carbons (Fsp3) is 0.680. The van der Waals surface area contributed by atoms with Crippen LogP contribution in [-0.4, -0.2) is 38.3 Å². The number of hydrogen-bond donors (Lipinski definition) is 0. The van der Waals surface area contributed by atoms with Gasteiger partial charge in [-0.15, -0.1) is 0 Å². The highest BCUT2D eigenvalue weighted by atomic mass is 31.0. The third kappa shape index (κ3) is 21.6. The lowest BCUT2D eigenvalue weighted by Gasteiger charge is -2.31. The summed E-state index contributed by atoms with van der Waals surface area (Å²) in [5, 5.41) is 0. The number of allylic oxidation sites excluding steroid dienone is 8. The lowest BCUT2D eigenvalue weighted by atomic mass is 10.1. The van der Waals surface area contributed by atoms with Crippen molar-refractivity contribution in [2.45, 2.75) is 83.7 Å². The second-order valence-corrected chi connectivity index (χ2v) is 8.82. The minimum Gasteiger partial charge on any atom is -0.554 e. The van der Waals surface area contributed by atoms with Crippen LogP contribution in [0.25, 0.3) is 0 Å². The van der Waals surface area contributed by atoms with Gasteiger partial charge in [-0.25, -0.2) is 0 Å². The third-order valence-electron chi connectivity index (χ3n) is 4.52. The second kappa shape index (κ2) is 19.6. The molecule has 28 heavy (non-hydrogen) atoms. The second-order valence-electron chi connectivity index (χ2n) is 8.59. The van der Waals surface area contributed by atoms with Crippen LogP contribution in [0.5, 0.6) is 0 Å². The van der Waals surface area contributed by atoms with Crippen LogP contribution in [-0.2, 0) is 4.52 Å². The van der Waals surface area contributed by atoms with E-state index in [-0.39, 0.29) is 0 Å². The van der Waals surface area contributed by atoms with Crippen molar-refractivity contribution in [2.75, 3.05) is 27.7 Å². The predicted molar refractivity (Wildman–Crippen MR) is 129 cm³/mol. The molecule has 0 radical (unpaired) electrons. The Kier molecular flexibility index (Phi) is 19.1. The van der Waals surface area contributed by atoms with Gasteiger partial charge in [0, 0.05) is 0 Å². The molecule has 0 aromatic carbocycles. The van der Waals surface area contributed by atoms with Crippen LogP contribution < -0.4 is 0 Å². The molecule has 0 N–H and O–H groups in total. The quantitative estimate of drug-likeness (QED) is 0.0980. The van der Waals surface area contributed by atoms with Crippen LogP contribution >= 0.6 is 9.47 Å². The highest BCUT2D eigenvalue weighted by Gasteiger charge is 2.14. The highest BCUT2D eigenvalue weighted by Crippen LogP contribution is 2.13. The summed E-state index contributed by atoms with van der Waals surface area (Å²) in [6, 6.07) is 0. The van der Waals surface area contributed by atoms with Crippen LogP contribution in [0.15, 0.2) is 48.6 Å². The topological polar surface area (TPSA) is 9.23 Å². The molecule has 2 nitrogen and oxygen atoms in total. The van der Waals surface area contributed by atoms with Crippen molar-refractivity contribution in [3.63, 3.8) is 0 Å². The molecule has 0 fully saturated rings. The lowest BCUT2D eigenvalue weighted by molar-refractivity contribution is -0.873. The number of quaternary nitrogens is 1. The minimum absolute atomic E-state index is 0.299. The Morgan fingerprint density at radius 3 is 1.61 bits per heavy atom. The molecule has 0 aromatic heterocycles. The van der Waals surface area contributed by atoms with E-state index in [1.807, 2.05) is 0 Å². The van der Waals surface area contributed by atoms with Gasteiger partial charge in [-0.1, -0.05) is 74.8 Å². The van der Waals surface area contributed by atoms with Crippen molar-refractivity contribution in [3.05, 3.63) is 48.6 Å². The molecule has 0 saturated heterocycles. The van der Waals surface area contributed by atoms with Gasteiger partial charge >= 0.3 is 0 Å². The van der Waals surface area contributed by atoms with E-state index in [0.29, 0.717) is 6.10 Å². The Hall–Kier alpha value is -0.690. The summed E-state index contributed by atoms with van der Waals surface area (Å²) in [4.78, 5) is 0. The predicted octanol–water partition coefficient (Wildman–Crippen LogP) is 7.67. The minimum atomic E-state index is 0.299. The number of unbranched alkanes of at least 4 members (excludes halogenated alkanes) is 5. The van der Waals surface area contributed by atoms with Crippen LogP contribution in [0.3, 0.4) is 0 Å². The average Bonchev–Trinajstić information content (AvgIpc) is 2.65. The van der Waals surface area contributed by atoms with Crippen molar-refractivity contribution in [3.8, 4) is 0 Å². The van der Waals surface area contributed by atoms with Crippen LogP contribution in [0.1, 0.15) is 77.6 Å². The maximum atomic E-state index is 5.41. The standard InChI is InChI=1S/C25H46NOP/c1-5-6-7-8-9-10-11-12-13-14-15-16-17-18-19-20-21-22-23-25(27-28)24-26(2,3)4/h9-10,12-13,15-16,18-19,25,28H,5-8,11,14,17,20-24H2,1-4H3. The first kappa shape index (κ1) is 27.3. The molecule has 0 heterocycles. The van der Waals surface area contributed by atoms with Crippen LogP contribution in [0, 0.1) is 0 Å². The molecule has 0 aliphatic heterocycles. The van der Waals surface area contributed by atoms with Gasteiger partial charge in [0.15, 0.2) is 0 Å². The van der Waals surface area contributed by atoms with E-state index < -0.39 is 0 Å². The van der Waals surface area contributed by atoms with E-state index in [1.165, 1.54) is 38.5 Å². The zero-order valence-electron chi connectivity index (χ0n) is 19.0. The molecular weight excluding hydrogens is 361 g/mol. The van der Waals surface area contributed by atoms with Gasteiger partial charge in [0.1, 0.15) is 6.54 Å². The van der Waals surface area contributed by atoms with Gasteiger partial charge in [-0.2, -0.15) is 0 Å². The molecule has 162 valence electrons. The highest BCUT2D eigenvalue weighted by molar-refractivity contribution is 7.09. The SMILES string of the molecule is CCCCCC=CCC=CCC=CCC=CCCCCC(C[N+](C)(C)C)O[PH-]. The fourth-order valence-electron chi connectivity index (χ4n) is 2.99. The summed E-state index contributed by atoms with van der Waals surface area (Å²) in [7, 11) is 9.85. The smallest absolute Gasteiger partial charge is 0.102 e. The van der Waals surface area contributed by atoms with Gasteiger partial charge in [-0.05, 0) is 51.4 Å². The van der Waals surface area contributed by atoms with Gasteiger partial charge < -0.3 is 18.5 Å². The summed E-state index contributed by atoms with van der Waals surface area (Å²) in [6.45, 7) is 3.29. The Morgan fingerprint density at radius 1 is 0.714 bits per heavy atom. The molecule has 0 saturated carbocycles.